The number of rotatable bonds is 6. The maximum absolute atomic E-state index is 12.4. The summed E-state index contributed by atoms with van der Waals surface area (Å²) in [5.41, 5.74) is 0. The number of hydrogen-bond acceptors (Lipinski definition) is 3. The van der Waals surface area contributed by atoms with Crippen LogP contribution >= 0.6 is 0 Å². The first-order valence-corrected chi connectivity index (χ1v) is 6.91. The van der Waals surface area contributed by atoms with Gasteiger partial charge in [-0.1, -0.05) is 25.2 Å². The van der Waals surface area contributed by atoms with Crippen LogP contribution in [0.1, 0.15) is 32.1 Å². The van der Waals surface area contributed by atoms with E-state index in [-0.39, 0.29) is 25.7 Å². The van der Waals surface area contributed by atoms with E-state index in [1.54, 1.807) is 4.90 Å². The Bertz CT molecular complexity index is 372. The molecule has 0 heterocycles. The predicted molar refractivity (Wildman–Crippen MR) is 74.1 cm³/mol. The summed E-state index contributed by atoms with van der Waals surface area (Å²) in [6.07, 6.45) is 10.2. The molecule has 1 aliphatic rings. The van der Waals surface area contributed by atoms with Gasteiger partial charge < -0.3 is 20.0 Å². The number of aliphatic hydroxyl groups excluding tert-OH is 1. The highest BCUT2D eigenvalue weighted by molar-refractivity contribution is 5.80. The van der Waals surface area contributed by atoms with Gasteiger partial charge in [0, 0.05) is 12.6 Å². The van der Waals surface area contributed by atoms with Gasteiger partial charge in [-0.05, 0) is 12.8 Å². The third-order valence-corrected chi connectivity index (χ3v) is 3.48. The minimum absolute atomic E-state index is 0.0419. The van der Waals surface area contributed by atoms with Gasteiger partial charge >= 0.3 is 12.0 Å². The number of hydrogen-bond donors (Lipinski definition) is 2. The smallest absolute Gasteiger partial charge is 0.323 e. The number of nitrogens with zero attached hydrogens (tertiary/aromatic N) is 2. The second-order valence-corrected chi connectivity index (χ2v) is 4.95. The van der Waals surface area contributed by atoms with E-state index < -0.39 is 18.5 Å². The van der Waals surface area contributed by atoms with Crippen molar-refractivity contribution in [3.63, 3.8) is 0 Å². The maximum Gasteiger partial charge on any atom is 0.323 e. The summed E-state index contributed by atoms with van der Waals surface area (Å²) >= 11 is 0. The van der Waals surface area contributed by atoms with Crippen LogP contribution in [0.2, 0.25) is 0 Å². The highest BCUT2D eigenvalue weighted by Crippen LogP contribution is 2.23. The molecule has 2 N–H and O–H groups in total. The van der Waals surface area contributed by atoms with Crippen LogP contribution in [0.15, 0.2) is 0 Å². The van der Waals surface area contributed by atoms with Gasteiger partial charge in [-0.15, -0.1) is 6.42 Å². The van der Waals surface area contributed by atoms with Gasteiger partial charge in [-0.2, -0.15) is 0 Å². The number of carbonyl (C=O) groups is 2. The van der Waals surface area contributed by atoms with E-state index in [9.17, 15) is 9.59 Å². The van der Waals surface area contributed by atoms with Crippen LogP contribution in [-0.4, -0.2) is 64.3 Å². The third kappa shape index (κ3) is 4.74. The average Bonchev–Trinajstić information content (AvgIpc) is 2.44. The molecule has 6 heteroatoms. The first-order valence-electron chi connectivity index (χ1n) is 6.91. The number of carboxylic acids is 1. The number of amides is 2. The van der Waals surface area contributed by atoms with Crippen molar-refractivity contribution in [1.29, 1.82) is 0 Å². The number of aliphatic hydroxyl groups is 1. The van der Waals surface area contributed by atoms with Crippen LogP contribution in [0.25, 0.3) is 0 Å². The second kappa shape index (κ2) is 8.43. The standard InChI is InChI=1S/C14H22N2O4/c1-2-8-15(11-13(18)19)14(20)16(9-10-17)12-6-4-3-5-7-12/h1,12,17H,3-11H2,(H,18,19). The zero-order valence-electron chi connectivity index (χ0n) is 11.6. The number of carboxylic acid groups (broad SMARTS) is 1. The molecule has 6 nitrogen and oxygen atoms in total. The zero-order chi connectivity index (χ0) is 15.0. The Balaban J connectivity index is 2.78. The van der Waals surface area contributed by atoms with Crippen molar-refractivity contribution in [2.75, 3.05) is 26.2 Å². The topological polar surface area (TPSA) is 81.1 Å². The molecule has 0 saturated heterocycles. The normalized spacial score (nSPS) is 15.4. The van der Waals surface area contributed by atoms with Gasteiger partial charge in [-0.25, -0.2) is 4.79 Å². The van der Waals surface area contributed by atoms with E-state index in [0.717, 1.165) is 37.0 Å². The fourth-order valence-corrected chi connectivity index (χ4v) is 2.58. The van der Waals surface area contributed by atoms with Crippen LogP contribution in [0.4, 0.5) is 4.79 Å². The summed E-state index contributed by atoms with van der Waals surface area (Å²) in [5.74, 6) is 1.21. The summed E-state index contributed by atoms with van der Waals surface area (Å²) in [7, 11) is 0. The number of terminal acetylenes is 1. The summed E-state index contributed by atoms with van der Waals surface area (Å²) in [6.45, 7) is -0.388. The first kappa shape index (κ1) is 16.3. The molecule has 0 aliphatic heterocycles. The van der Waals surface area contributed by atoms with E-state index in [1.807, 2.05) is 0 Å². The monoisotopic (exact) mass is 282 g/mol. The Hall–Kier alpha value is -1.74. The molecule has 0 spiro atoms. The van der Waals surface area contributed by atoms with E-state index in [2.05, 4.69) is 5.92 Å². The van der Waals surface area contributed by atoms with Crippen molar-refractivity contribution in [1.82, 2.24) is 9.80 Å². The minimum Gasteiger partial charge on any atom is -0.480 e. The molecule has 0 aromatic rings. The highest BCUT2D eigenvalue weighted by Gasteiger charge is 2.29. The van der Waals surface area contributed by atoms with E-state index in [4.69, 9.17) is 16.6 Å². The maximum atomic E-state index is 12.4. The van der Waals surface area contributed by atoms with Crippen molar-refractivity contribution in [3.05, 3.63) is 0 Å². The van der Waals surface area contributed by atoms with Gasteiger partial charge in [0.2, 0.25) is 0 Å². The van der Waals surface area contributed by atoms with Crippen LogP contribution < -0.4 is 0 Å². The lowest BCUT2D eigenvalue weighted by Gasteiger charge is -2.36. The Morgan fingerprint density at radius 2 is 1.90 bits per heavy atom. The molecule has 0 radical (unpaired) electrons. The van der Waals surface area contributed by atoms with E-state index in [0.29, 0.717) is 0 Å². The molecule has 20 heavy (non-hydrogen) atoms. The molecule has 1 saturated carbocycles. The minimum atomic E-state index is -1.10. The van der Waals surface area contributed by atoms with E-state index >= 15 is 0 Å². The van der Waals surface area contributed by atoms with Gasteiger partial charge in [0.25, 0.3) is 0 Å². The number of aliphatic carboxylic acids is 1. The van der Waals surface area contributed by atoms with Crippen LogP contribution in [0.3, 0.4) is 0 Å². The quantitative estimate of drug-likeness (QED) is 0.705. The molecule has 0 bridgehead atoms. The van der Waals surface area contributed by atoms with Gasteiger partial charge in [0.1, 0.15) is 6.54 Å². The van der Waals surface area contributed by atoms with Crippen molar-refractivity contribution >= 4 is 12.0 Å². The Labute approximate surface area is 119 Å². The second-order valence-electron chi connectivity index (χ2n) is 4.95. The summed E-state index contributed by atoms with van der Waals surface area (Å²) in [4.78, 5) is 26.0. The molecule has 1 fully saturated rings. The molecule has 2 amide bonds. The van der Waals surface area contributed by atoms with Crippen LogP contribution in [0.5, 0.6) is 0 Å². The summed E-state index contributed by atoms with van der Waals surface area (Å²) in [5, 5.41) is 18.0. The van der Waals surface area contributed by atoms with Crippen molar-refractivity contribution in [2.45, 2.75) is 38.1 Å². The molecule has 1 rings (SSSR count). The lowest BCUT2D eigenvalue weighted by molar-refractivity contribution is -0.137. The lowest BCUT2D eigenvalue weighted by Crippen LogP contribution is -2.51. The Morgan fingerprint density at radius 3 is 2.40 bits per heavy atom. The molecule has 0 aromatic carbocycles. The number of urea groups is 1. The zero-order valence-corrected chi connectivity index (χ0v) is 11.6. The molecule has 0 atom stereocenters. The predicted octanol–water partition coefficient (Wildman–Crippen LogP) is 0.753. The van der Waals surface area contributed by atoms with Gasteiger partial charge in [0.15, 0.2) is 0 Å². The summed E-state index contributed by atoms with van der Waals surface area (Å²) in [6, 6.07) is -0.330. The SMILES string of the molecule is C#CCN(CC(=O)O)C(=O)N(CCO)C1CCCCC1. The molecular formula is C14H22N2O4. The average molecular weight is 282 g/mol. The highest BCUT2D eigenvalue weighted by atomic mass is 16.4. The molecule has 0 aromatic heterocycles. The third-order valence-electron chi connectivity index (χ3n) is 3.48. The molecule has 0 unspecified atom stereocenters. The van der Waals surface area contributed by atoms with Crippen molar-refractivity contribution in [2.24, 2.45) is 0 Å². The van der Waals surface area contributed by atoms with Crippen LogP contribution in [0, 0.1) is 12.3 Å². The Kier molecular flexibility index (Phi) is 6.88. The summed E-state index contributed by atoms with van der Waals surface area (Å²) < 4.78 is 0. The molecular weight excluding hydrogens is 260 g/mol. The first-order chi connectivity index (χ1) is 9.60. The fraction of sp³-hybridized carbons (Fsp3) is 0.714. The molecule has 1 aliphatic carbocycles. The Morgan fingerprint density at radius 1 is 1.25 bits per heavy atom. The van der Waals surface area contributed by atoms with Gasteiger partial charge in [-0.3, -0.25) is 4.79 Å². The lowest BCUT2D eigenvalue weighted by atomic mass is 9.94. The van der Waals surface area contributed by atoms with Crippen molar-refractivity contribution < 1.29 is 19.8 Å². The largest absolute Gasteiger partial charge is 0.480 e. The van der Waals surface area contributed by atoms with Gasteiger partial charge in [0.05, 0.1) is 13.2 Å². The van der Waals surface area contributed by atoms with Crippen molar-refractivity contribution in [3.8, 4) is 12.3 Å². The number of carbonyl (C=O) groups excluding carboxylic acids is 1. The van der Waals surface area contributed by atoms with E-state index in [1.165, 1.54) is 0 Å². The molecule has 112 valence electrons. The van der Waals surface area contributed by atoms with Crippen LogP contribution in [-0.2, 0) is 4.79 Å². The fourth-order valence-electron chi connectivity index (χ4n) is 2.58.